The molecule has 2 aromatic heterocycles. The number of halogens is 2. The van der Waals surface area contributed by atoms with Crippen LogP contribution in [0.5, 0.6) is 0 Å². The molecule has 2 heterocycles. The van der Waals surface area contributed by atoms with E-state index in [0.717, 1.165) is 41.5 Å². The number of fused-ring (bicyclic) bond motifs is 1. The number of aryl methyl sites for hydroxylation is 1. The Kier molecular flexibility index (Phi) is 5.15. The molecule has 1 fully saturated rings. The first-order chi connectivity index (χ1) is 13.4. The van der Waals surface area contributed by atoms with Gasteiger partial charge in [-0.3, -0.25) is 13.9 Å². The van der Waals surface area contributed by atoms with Crippen molar-refractivity contribution in [3.05, 3.63) is 55.3 Å². The summed E-state index contributed by atoms with van der Waals surface area (Å²) in [6.45, 7) is 0. The Morgan fingerprint density at radius 2 is 1.64 bits per heavy atom. The van der Waals surface area contributed by atoms with Crippen LogP contribution in [0.15, 0.2) is 34.0 Å². The molecule has 1 aliphatic rings. The van der Waals surface area contributed by atoms with Gasteiger partial charge in [0.25, 0.3) is 5.56 Å². The minimum absolute atomic E-state index is 0.274. The molecule has 148 valence electrons. The lowest BCUT2D eigenvalue weighted by atomic mass is 10.1. The number of nitrogens with zero attached hydrogens (tertiary/aromatic N) is 3. The number of benzene rings is 1. The predicted molar refractivity (Wildman–Crippen MR) is 115 cm³/mol. The fourth-order valence-corrected chi connectivity index (χ4v) is 4.84. The Bertz CT molecular complexity index is 1170. The third-order valence-corrected chi connectivity index (χ3v) is 6.42. The van der Waals surface area contributed by atoms with Crippen molar-refractivity contribution in [3.8, 4) is 11.3 Å². The van der Waals surface area contributed by atoms with Gasteiger partial charge in [0.2, 0.25) is 0 Å². The molecule has 0 N–H and O–H groups in total. The van der Waals surface area contributed by atoms with Gasteiger partial charge in [-0.25, -0.2) is 4.79 Å². The molecule has 0 spiro atoms. The van der Waals surface area contributed by atoms with Crippen molar-refractivity contribution >= 4 is 34.1 Å². The summed E-state index contributed by atoms with van der Waals surface area (Å²) < 4.78 is 4.87. The molecule has 28 heavy (non-hydrogen) atoms. The number of aromatic nitrogens is 3. The molecule has 0 bridgehead atoms. The molecule has 1 aliphatic carbocycles. The van der Waals surface area contributed by atoms with Gasteiger partial charge in [-0.05, 0) is 31.0 Å². The first kappa shape index (κ1) is 19.3. The van der Waals surface area contributed by atoms with Crippen LogP contribution in [0.4, 0.5) is 0 Å². The molecule has 3 aromatic rings. The van der Waals surface area contributed by atoms with Gasteiger partial charge < -0.3 is 4.57 Å². The van der Waals surface area contributed by atoms with E-state index in [1.807, 2.05) is 12.3 Å². The van der Waals surface area contributed by atoms with E-state index in [2.05, 4.69) is 4.57 Å². The fourth-order valence-electron chi connectivity index (χ4n) is 4.34. The second kappa shape index (κ2) is 7.45. The quantitative estimate of drug-likeness (QED) is 0.554. The summed E-state index contributed by atoms with van der Waals surface area (Å²) in [5, 5.41) is 1.57. The first-order valence-corrected chi connectivity index (χ1v) is 10.4. The Balaban J connectivity index is 2.10. The average Bonchev–Trinajstić information content (AvgIpc) is 2.86. The number of hydrogen-bond donors (Lipinski definition) is 0. The fraction of sp³-hybridized carbons (Fsp3) is 0.429. The zero-order valence-electron chi connectivity index (χ0n) is 16.0. The van der Waals surface area contributed by atoms with Crippen molar-refractivity contribution in [2.75, 3.05) is 0 Å². The minimum atomic E-state index is -0.329. The van der Waals surface area contributed by atoms with Crippen molar-refractivity contribution in [3.63, 3.8) is 0 Å². The van der Waals surface area contributed by atoms with Gasteiger partial charge in [0.05, 0.1) is 21.6 Å². The summed E-state index contributed by atoms with van der Waals surface area (Å²) >= 11 is 12.7. The van der Waals surface area contributed by atoms with Crippen molar-refractivity contribution in [2.45, 2.75) is 44.6 Å². The molecule has 0 aliphatic heterocycles. The summed E-state index contributed by atoms with van der Waals surface area (Å²) in [6, 6.07) is 5.61. The Labute approximate surface area is 173 Å². The number of rotatable bonds is 2. The Morgan fingerprint density at radius 3 is 2.29 bits per heavy atom. The molecule has 1 aromatic carbocycles. The summed E-state index contributed by atoms with van der Waals surface area (Å²) in [5.74, 6) is 0. The van der Waals surface area contributed by atoms with Gasteiger partial charge in [-0.15, -0.1) is 0 Å². The minimum Gasteiger partial charge on any atom is -0.342 e. The molecule has 0 atom stereocenters. The van der Waals surface area contributed by atoms with Crippen molar-refractivity contribution < 1.29 is 0 Å². The lowest BCUT2D eigenvalue weighted by molar-refractivity contribution is 0.450. The van der Waals surface area contributed by atoms with Crippen molar-refractivity contribution in [1.29, 1.82) is 0 Å². The summed E-state index contributed by atoms with van der Waals surface area (Å²) in [6.07, 6.45) is 8.83. The largest absolute Gasteiger partial charge is 0.342 e. The molecule has 5 nitrogen and oxygen atoms in total. The third kappa shape index (κ3) is 3.11. The van der Waals surface area contributed by atoms with Crippen LogP contribution in [0, 0.1) is 0 Å². The molecule has 4 rings (SSSR count). The highest BCUT2D eigenvalue weighted by Gasteiger charge is 2.25. The smallest absolute Gasteiger partial charge is 0.330 e. The van der Waals surface area contributed by atoms with Crippen LogP contribution in [0.25, 0.3) is 22.2 Å². The average molecular weight is 420 g/mol. The lowest BCUT2D eigenvalue weighted by Gasteiger charge is -2.20. The molecule has 0 unspecified atom stereocenters. The second-order valence-corrected chi connectivity index (χ2v) is 8.46. The van der Waals surface area contributed by atoms with Gasteiger partial charge in [0, 0.05) is 36.9 Å². The van der Waals surface area contributed by atoms with E-state index in [4.69, 9.17) is 23.2 Å². The Morgan fingerprint density at radius 1 is 0.964 bits per heavy atom. The predicted octanol–water partition coefficient (Wildman–Crippen LogP) is 4.91. The lowest BCUT2D eigenvalue weighted by Crippen LogP contribution is -2.36. The van der Waals surface area contributed by atoms with Crippen LogP contribution < -0.4 is 11.2 Å². The standard InChI is InChI=1S/C21H23Cl2N3O2/c1-24-17-12-26(14-7-5-3-4-6-8-14)19(15-10-9-13(22)11-16(15)23)18(17)20(27)25(2)21(24)28/h9-12,14H,3-8H2,1-2H3. The van der Waals surface area contributed by atoms with Crippen LogP contribution in [0.1, 0.15) is 44.6 Å². The molecular weight excluding hydrogens is 397 g/mol. The van der Waals surface area contributed by atoms with E-state index in [9.17, 15) is 9.59 Å². The van der Waals surface area contributed by atoms with Gasteiger partial charge >= 0.3 is 5.69 Å². The SMILES string of the molecule is Cn1c(=O)c2c(-c3ccc(Cl)cc3Cl)n(C3CCCCCC3)cc2n(C)c1=O. The van der Waals surface area contributed by atoms with Crippen LogP contribution >= 0.6 is 23.2 Å². The van der Waals surface area contributed by atoms with E-state index < -0.39 is 0 Å². The summed E-state index contributed by atoms with van der Waals surface area (Å²) in [4.78, 5) is 25.6. The van der Waals surface area contributed by atoms with Crippen LogP contribution in [0.3, 0.4) is 0 Å². The maximum Gasteiger partial charge on any atom is 0.330 e. The zero-order valence-corrected chi connectivity index (χ0v) is 17.6. The van der Waals surface area contributed by atoms with Crippen LogP contribution in [0.2, 0.25) is 10.0 Å². The molecule has 7 heteroatoms. The molecule has 0 radical (unpaired) electrons. The molecule has 0 saturated heterocycles. The molecule has 0 amide bonds. The maximum atomic E-state index is 13.1. The highest BCUT2D eigenvalue weighted by molar-refractivity contribution is 6.36. The van der Waals surface area contributed by atoms with Crippen molar-refractivity contribution in [1.82, 2.24) is 13.7 Å². The van der Waals surface area contributed by atoms with Gasteiger partial charge in [-0.1, -0.05) is 48.9 Å². The highest BCUT2D eigenvalue weighted by atomic mass is 35.5. The summed E-state index contributed by atoms with van der Waals surface area (Å²) in [5.41, 5.74) is 1.55. The van der Waals surface area contributed by atoms with Gasteiger partial charge in [0.1, 0.15) is 0 Å². The highest BCUT2D eigenvalue weighted by Crippen LogP contribution is 2.39. The summed E-state index contributed by atoms with van der Waals surface area (Å²) in [7, 11) is 3.22. The van der Waals surface area contributed by atoms with E-state index in [1.165, 1.54) is 24.5 Å². The second-order valence-electron chi connectivity index (χ2n) is 7.62. The van der Waals surface area contributed by atoms with E-state index in [-0.39, 0.29) is 17.3 Å². The first-order valence-electron chi connectivity index (χ1n) is 9.66. The van der Waals surface area contributed by atoms with Gasteiger partial charge in [0.15, 0.2) is 0 Å². The van der Waals surface area contributed by atoms with Crippen LogP contribution in [-0.4, -0.2) is 13.7 Å². The third-order valence-electron chi connectivity index (χ3n) is 5.87. The molecular formula is C21H23Cl2N3O2. The topological polar surface area (TPSA) is 48.9 Å². The van der Waals surface area contributed by atoms with E-state index in [1.54, 1.807) is 19.2 Å². The van der Waals surface area contributed by atoms with E-state index >= 15 is 0 Å². The van der Waals surface area contributed by atoms with E-state index in [0.29, 0.717) is 20.9 Å². The normalized spacial score (nSPS) is 15.9. The molecule has 1 saturated carbocycles. The van der Waals surface area contributed by atoms with Crippen LogP contribution in [-0.2, 0) is 14.1 Å². The zero-order chi connectivity index (χ0) is 20.0. The maximum absolute atomic E-state index is 13.1. The van der Waals surface area contributed by atoms with Crippen molar-refractivity contribution in [2.24, 2.45) is 14.1 Å². The van der Waals surface area contributed by atoms with Gasteiger partial charge in [-0.2, -0.15) is 0 Å². The monoisotopic (exact) mass is 419 g/mol. The Hall–Kier alpha value is -1.98. The number of hydrogen-bond acceptors (Lipinski definition) is 2.